The van der Waals surface area contributed by atoms with E-state index in [2.05, 4.69) is 4.98 Å². The minimum absolute atomic E-state index is 0.0173. The summed E-state index contributed by atoms with van der Waals surface area (Å²) in [6.45, 7) is 0.532. The van der Waals surface area contributed by atoms with Crippen molar-refractivity contribution in [3.05, 3.63) is 54.0 Å². The molecule has 0 saturated carbocycles. The van der Waals surface area contributed by atoms with Crippen LogP contribution in [0.5, 0.6) is 5.88 Å². The number of piperidine rings is 1. The van der Waals surface area contributed by atoms with Crippen LogP contribution in [0.1, 0.15) is 18.4 Å². The summed E-state index contributed by atoms with van der Waals surface area (Å²) in [4.78, 5) is 3.67. The van der Waals surface area contributed by atoms with Gasteiger partial charge in [-0.25, -0.2) is 8.42 Å². The Morgan fingerprint density at radius 1 is 1.16 bits per heavy atom. The molecule has 0 atom stereocenters. The second-order valence-electron chi connectivity index (χ2n) is 5.63. The Bertz CT molecular complexity index is 903. The van der Waals surface area contributed by atoms with Gasteiger partial charge >= 0.3 is 0 Å². The second kappa shape index (κ2) is 7.17. The fourth-order valence-electron chi connectivity index (χ4n) is 2.74. The van der Waals surface area contributed by atoms with Crippen molar-refractivity contribution in [2.24, 2.45) is 0 Å². The van der Waals surface area contributed by atoms with Gasteiger partial charge in [-0.15, -0.1) is 0 Å². The molecule has 3 rings (SSSR count). The van der Waals surface area contributed by atoms with Crippen LogP contribution in [0.4, 0.5) is 4.39 Å². The number of nitriles is 1. The maximum Gasteiger partial charge on any atom is 0.244 e. The van der Waals surface area contributed by atoms with Crippen molar-refractivity contribution in [1.82, 2.24) is 9.29 Å². The lowest BCUT2D eigenvalue weighted by Crippen LogP contribution is -2.42. The third kappa shape index (κ3) is 3.78. The van der Waals surface area contributed by atoms with Crippen molar-refractivity contribution in [3.63, 3.8) is 0 Å². The number of sulfonamides is 1. The highest BCUT2D eigenvalue weighted by atomic mass is 32.2. The van der Waals surface area contributed by atoms with E-state index in [0.29, 0.717) is 12.8 Å². The Balaban J connectivity index is 1.68. The van der Waals surface area contributed by atoms with Gasteiger partial charge < -0.3 is 4.74 Å². The first-order valence-electron chi connectivity index (χ1n) is 7.79. The predicted octanol–water partition coefficient (Wildman–Crippen LogP) is 2.32. The molecular weight excluding hydrogens is 345 g/mol. The number of rotatable bonds is 4. The molecular formula is C17H16FN3O3S. The van der Waals surface area contributed by atoms with Gasteiger partial charge in [-0.2, -0.15) is 18.9 Å². The lowest BCUT2D eigenvalue weighted by Gasteiger charge is -2.31. The van der Waals surface area contributed by atoms with Crippen LogP contribution < -0.4 is 4.74 Å². The molecule has 1 fully saturated rings. The Labute approximate surface area is 145 Å². The summed E-state index contributed by atoms with van der Waals surface area (Å²) in [7, 11) is -3.73. The van der Waals surface area contributed by atoms with Crippen LogP contribution in [0.25, 0.3) is 0 Å². The number of nitrogens with zero attached hydrogens (tertiary/aromatic N) is 3. The van der Waals surface area contributed by atoms with Crippen LogP contribution in [0, 0.1) is 17.3 Å². The number of hydrogen-bond donors (Lipinski definition) is 0. The molecule has 0 aliphatic carbocycles. The summed E-state index contributed by atoms with van der Waals surface area (Å²) >= 11 is 0. The van der Waals surface area contributed by atoms with Crippen molar-refractivity contribution < 1.29 is 17.5 Å². The van der Waals surface area contributed by atoms with Crippen molar-refractivity contribution in [2.45, 2.75) is 23.8 Å². The van der Waals surface area contributed by atoms with E-state index in [1.54, 1.807) is 18.2 Å². The van der Waals surface area contributed by atoms with Gasteiger partial charge in [-0.3, -0.25) is 0 Å². The monoisotopic (exact) mass is 361 g/mol. The summed E-state index contributed by atoms with van der Waals surface area (Å²) in [5, 5.41) is 9.12. The van der Waals surface area contributed by atoms with Crippen LogP contribution in [-0.4, -0.2) is 36.9 Å². The van der Waals surface area contributed by atoms with Crippen LogP contribution in [0.15, 0.2) is 47.4 Å². The minimum atomic E-state index is -3.73. The first-order valence-corrected chi connectivity index (χ1v) is 9.23. The first-order chi connectivity index (χ1) is 12.0. The molecule has 2 heterocycles. The molecule has 0 radical (unpaired) electrons. The molecule has 1 aromatic heterocycles. The van der Waals surface area contributed by atoms with E-state index in [9.17, 15) is 12.8 Å². The summed E-state index contributed by atoms with van der Waals surface area (Å²) < 4.78 is 45.6. The molecule has 25 heavy (non-hydrogen) atoms. The first kappa shape index (κ1) is 17.3. The van der Waals surface area contributed by atoms with Crippen LogP contribution in [0.3, 0.4) is 0 Å². The zero-order chi connectivity index (χ0) is 17.9. The molecule has 0 N–H and O–H groups in total. The molecule has 130 valence electrons. The molecule has 0 bridgehead atoms. The van der Waals surface area contributed by atoms with E-state index in [-0.39, 0.29) is 35.5 Å². The fourth-order valence-corrected chi connectivity index (χ4v) is 4.35. The molecule has 1 aliphatic heterocycles. The maximum atomic E-state index is 13.1. The topological polar surface area (TPSA) is 83.3 Å². The van der Waals surface area contributed by atoms with E-state index in [1.807, 2.05) is 6.07 Å². The minimum Gasteiger partial charge on any atom is -0.474 e. The number of pyridine rings is 1. The Morgan fingerprint density at radius 2 is 1.88 bits per heavy atom. The largest absolute Gasteiger partial charge is 0.474 e. The molecule has 0 spiro atoms. The highest BCUT2D eigenvalue weighted by molar-refractivity contribution is 7.89. The Hall–Kier alpha value is -2.50. The average Bonchev–Trinajstić information content (AvgIpc) is 2.62. The lowest BCUT2D eigenvalue weighted by atomic mass is 10.1. The van der Waals surface area contributed by atoms with Gasteiger partial charge in [0.25, 0.3) is 0 Å². The maximum absolute atomic E-state index is 13.1. The molecule has 0 unspecified atom stereocenters. The van der Waals surface area contributed by atoms with Crippen molar-refractivity contribution in [3.8, 4) is 11.9 Å². The number of halogens is 1. The van der Waals surface area contributed by atoms with E-state index < -0.39 is 16.0 Å². The van der Waals surface area contributed by atoms with Crippen molar-refractivity contribution in [2.75, 3.05) is 13.1 Å². The number of ether oxygens (including phenoxy) is 1. The highest BCUT2D eigenvalue weighted by Gasteiger charge is 2.31. The van der Waals surface area contributed by atoms with Crippen molar-refractivity contribution in [1.29, 1.82) is 5.26 Å². The van der Waals surface area contributed by atoms with Gasteiger partial charge in [0.2, 0.25) is 21.9 Å². The van der Waals surface area contributed by atoms with E-state index in [0.717, 1.165) is 0 Å². The zero-order valence-electron chi connectivity index (χ0n) is 13.3. The van der Waals surface area contributed by atoms with Crippen LogP contribution in [-0.2, 0) is 10.0 Å². The normalized spacial score (nSPS) is 16.3. The van der Waals surface area contributed by atoms with Crippen LogP contribution in [0.2, 0.25) is 0 Å². The van der Waals surface area contributed by atoms with Gasteiger partial charge in [0.05, 0.1) is 10.5 Å². The predicted molar refractivity (Wildman–Crippen MR) is 87.8 cm³/mol. The molecule has 1 aromatic carbocycles. The van der Waals surface area contributed by atoms with Gasteiger partial charge in [0.15, 0.2) is 0 Å². The SMILES string of the molecule is N#Cc1ccccc1S(=O)(=O)N1CCC(Oc2cccc(F)n2)CC1. The van der Waals surface area contributed by atoms with Gasteiger partial charge in [-0.1, -0.05) is 18.2 Å². The second-order valence-corrected chi connectivity index (χ2v) is 7.53. The number of hydrogen-bond acceptors (Lipinski definition) is 5. The number of benzene rings is 1. The summed E-state index contributed by atoms with van der Waals surface area (Å²) in [6.07, 6.45) is 0.699. The molecule has 1 saturated heterocycles. The van der Waals surface area contributed by atoms with E-state index in [4.69, 9.17) is 10.00 Å². The fraction of sp³-hybridized carbons (Fsp3) is 0.294. The summed E-state index contributed by atoms with van der Waals surface area (Å²) in [6, 6.07) is 12.4. The Kier molecular flexibility index (Phi) is 4.97. The highest BCUT2D eigenvalue weighted by Crippen LogP contribution is 2.25. The van der Waals surface area contributed by atoms with Gasteiger partial charge in [0.1, 0.15) is 12.2 Å². The van der Waals surface area contributed by atoms with Crippen LogP contribution >= 0.6 is 0 Å². The molecule has 1 aliphatic rings. The molecule has 2 aromatic rings. The molecule has 8 heteroatoms. The summed E-state index contributed by atoms with van der Waals surface area (Å²) in [5.41, 5.74) is 0.129. The zero-order valence-corrected chi connectivity index (χ0v) is 14.1. The third-order valence-corrected chi connectivity index (χ3v) is 5.96. The van der Waals surface area contributed by atoms with Gasteiger partial charge in [0, 0.05) is 19.2 Å². The standard InChI is InChI=1S/C17H16FN3O3S/c18-16-6-3-7-17(20-16)24-14-8-10-21(11-9-14)25(22,23)15-5-2-1-4-13(15)12-19/h1-7,14H,8-11H2. The molecule has 6 nitrogen and oxygen atoms in total. The van der Waals surface area contributed by atoms with Gasteiger partial charge in [-0.05, 0) is 31.0 Å². The molecule has 0 amide bonds. The third-order valence-electron chi connectivity index (χ3n) is 4.00. The van der Waals surface area contributed by atoms with E-state index in [1.165, 1.54) is 28.6 Å². The smallest absolute Gasteiger partial charge is 0.244 e. The summed E-state index contributed by atoms with van der Waals surface area (Å²) in [5.74, 6) is -0.429. The average molecular weight is 361 g/mol. The van der Waals surface area contributed by atoms with Crippen molar-refractivity contribution >= 4 is 10.0 Å². The number of aromatic nitrogens is 1. The van der Waals surface area contributed by atoms with E-state index >= 15 is 0 Å². The quantitative estimate of drug-likeness (QED) is 0.781. The lowest BCUT2D eigenvalue weighted by molar-refractivity contribution is 0.128. The Morgan fingerprint density at radius 3 is 2.56 bits per heavy atom.